The van der Waals surface area contributed by atoms with E-state index in [0.717, 1.165) is 5.56 Å². The van der Waals surface area contributed by atoms with Crippen LogP contribution in [0.2, 0.25) is 0 Å². The molecule has 1 heterocycles. The van der Waals surface area contributed by atoms with Crippen LogP contribution in [-0.2, 0) is 0 Å². The van der Waals surface area contributed by atoms with Crippen molar-refractivity contribution in [3.8, 4) is 34.1 Å². The van der Waals surface area contributed by atoms with Gasteiger partial charge in [0.25, 0.3) is 5.91 Å². The van der Waals surface area contributed by atoms with Gasteiger partial charge in [0.1, 0.15) is 11.5 Å². The highest BCUT2D eigenvalue weighted by Gasteiger charge is 2.22. The zero-order valence-electron chi connectivity index (χ0n) is 23.5. The van der Waals surface area contributed by atoms with Crippen LogP contribution in [-0.4, -0.2) is 44.4 Å². The first-order chi connectivity index (χ1) is 21.2. The van der Waals surface area contributed by atoms with Crippen molar-refractivity contribution in [1.82, 2.24) is 10.4 Å². The molecule has 0 saturated carbocycles. The molecule has 4 aromatic carbocycles. The molecule has 2 N–H and O–H groups in total. The molecule has 5 aromatic rings. The molecule has 0 saturated heterocycles. The van der Waals surface area contributed by atoms with Gasteiger partial charge >= 0.3 is 5.97 Å². The monoisotopic (exact) mass is 723 g/mol. The minimum absolute atomic E-state index is 0.147. The third-order valence-electron chi connectivity index (χ3n) is 6.55. The molecule has 0 aliphatic heterocycles. The highest BCUT2D eigenvalue weighted by Crippen LogP contribution is 2.39. The molecule has 0 atom stereocenters. The Bertz CT molecular complexity index is 1880. The SMILES string of the molecule is COc1cc(C(=O)Oc2c(Br)cc(Br)cc2C=NNC(=O)c2[nH]c3ccc(F)cc3c2-c2ccccc2)cc(OC)c1OC. The minimum atomic E-state index is -0.705. The third-order valence-corrected chi connectivity index (χ3v) is 7.60. The number of benzene rings is 4. The maximum Gasteiger partial charge on any atom is 0.343 e. The number of rotatable bonds is 9. The van der Waals surface area contributed by atoms with Gasteiger partial charge in [-0.15, -0.1) is 0 Å². The van der Waals surface area contributed by atoms with E-state index in [1.807, 2.05) is 30.3 Å². The van der Waals surface area contributed by atoms with Gasteiger partial charge in [0.05, 0.1) is 37.6 Å². The maximum atomic E-state index is 14.1. The third kappa shape index (κ3) is 6.31. The van der Waals surface area contributed by atoms with Gasteiger partial charge in [-0.1, -0.05) is 46.3 Å². The molecule has 0 bridgehead atoms. The van der Waals surface area contributed by atoms with Crippen LogP contribution in [0, 0.1) is 5.82 Å². The number of nitrogens with one attached hydrogen (secondary N) is 2. The lowest BCUT2D eigenvalue weighted by Crippen LogP contribution is -2.19. The predicted octanol–water partition coefficient (Wildman–Crippen LogP) is 7.51. The maximum absolute atomic E-state index is 14.1. The highest BCUT2D eigenvalue weighted by atomic mass is 79.9. The number of nitrogens with zero attached hydrogens (tertiary/aromatic N) is 1. The number of hydrogen-bond acceptors (Lipinski definition) is 7. The number of carbonyl (C=O) groups excluding carboxylic acids is 2. The van der Waals surface area contributed by atoms with Crippen LogP contribution in [0.1, 0.15) is 26.4 Å². The van der Waals surface area contributed by atoms with Crippen LogP contribution in [0.4, 0.5) is 4.39 Å². The summed E-state index contributed by atoms with van der Waals surface area (Å²) >= 11 is 6.86. The molecule has 0 fully saturated rings. The van der Waals surface area contributed by atoms with Crippen molar-refractivity contribution in [3.63, 3.8) is 0 Å². The van der Waals surface area contributed by atoms with Gasteiger partial charge < -0.3 is 23.9 Å². The molecule has 0 spiro atoms. The number of aromatic amines is 1. The number of carbonyl (C=O) groups is 2. The number of hydrogen-bond donors (Lipinski definition) is 2. The van der Waals surface area contributed by atoms with E-state index in [2.05, 4.69) is 47.4 Å². The van der Waals surface area contributed by atoms with E-state index in [1.54, 1.807) is 18.2 Å². The zero-order valence-corrected chi connectivity index (χ0v) is 26.7. The fourth-order valence-corrected chi connectivity index (χ4v) is 5.93. The zero-order chi connectivity index (χ0) is 31.4. The summed E-state index contributed by atoms with van der Waals surface area (Å²) in [4.78, 5) is 29.7. The fourth-order valence-electron chi connectivity index (χ4n) is 4.59. The van der Waals surface area contributed by atoms with Crippen molar-refractivity contribution in [3.05, 3.63) is 104 Å². The highest BCUT2D eigenvalue weighted by molar-refractivity contribution is 9.11. The van der Waals surface area contributed by atoms with Crippen LogP contribution in [0.25, 0.3) is 22.0 Å². The van der Waals surface area contributed by atoms with E-state index in [4.69, 9.17) is 18.9 Å². The Morgan fingerprint density at radius 2 is 1.59 bits per heavy atom. The van der Waals surface area contributed by atoms with Crippen molar-refractivity contribution < 1.29 is 32.9 Å². The van der Waals surface area contributed by atoms with Gasteiger partial charge in [-0.3, -0.25) is 4.79 Å². The number of ether oxygens (including phenoxy) is 4. The van der Waals surface area contributed by atoms with Crippen LogP contribution in [0.15, 0.2) is 86.8 Å². The molecule has 1 aromatic heterocycles. The standard InChI is InChI=1S/C32H24Br2FN3O6/c1-41-25-12-18(13-26(42-2)30(25)43-3)32(40)44-29-19(11-20(33)14-23(29)34)16-36-38-31(39)28-27(17-7-5-4-6-8-17)22-15-21(35)9-10-24(22)37-28/h4-16,37H,1-3H3,(H,38,39). The molecule has 0 unspecified atom stereocenters. The van der Waals surface area contributed by atoms with Crippen LogP contribution in [0.3, 0.4) is 0 Å². The summed E-state index contributed by atoms with van der Waals surface area (Å²) in [5.41, 5.74) is 5.10. The van der Waals surface area contributed by atoms with Gasteiger partial charge in [-0.05, 0) is 64.0 Å². The molecular formula is C32H24Br2FN3O6. The summed E-state index contributed by atoms with van der Waals surface area (Å²) in [5.74, 6) is -0.634. The normalized spacial score (nSPS) is 11.0. The van der Waals surface area contributed by atoms with Crippen molar-refractivity contribution in [1.29, 1.82) is 0 Å². The number of H-pyrrole nitrogens is 1. The molecule has 0 aliphatic carbocycles. The Morgan fingerprint density at radius 3 is 2.25 bits per heavy atom. The quantitative estimate of drug-likeness (QED) is 0.0705. The molecule has 12 heteroatoms. The van der Waals surface area contributed by atoms with Gasteiger partial charge in [-0.25, -0.2) is 14.6 Å². The Morgan fingerprint density at radius 1 is 0.886 bits per heavy atom. The summed E-state index contributed by atoms with van der Waals surface area (Å²) < 4.78 is 37.0. The number of esters is 1. The second-order valence-corrected chi connectivity index (χ2v) is 11.0. The summed E-state index contributed by atoms with van der Waals surface area (Å²) in [5, 5.41) is 4.69. The van der Waals surface area contributed by atoms with E-state index < -0.39 is 17.7 Å². The first kappa shape index (κ1) is 30.8. The first-order valence-electron chi connectivity index (χ1n) is 12.9. The van der Waals surface area contributed by atoms with Crippen molar-refractivity contribution >= 4 is 60.9 Å². The molecule has 44 heavy (non-hydrogen) atoms. The van der Waals surface area contributed by atoms with E-state index in [-0.39, 0.29) is 28.5 Å². The topological polar surface area (TPSA) is 111 Å². The van der Waals surface area contributed by atoms with E-state index >= 15 is 0 Å². The van der Waals surface area contributed by atoms with Crippen LogP contribution in [0.5, 0.6) is 23.0 Å². The van der Waals surface area contributed by atoms with Crippen molar-refractivity contribution in [2.45, 2.75) is 0 Å². The molecule has 5 rings (SSSR count). The Labute approximate surface area is 268 Å². The predicted molar refractivity (Wildman–Crippen MR) is 172 cm³/mol. The van der Waals surface area contributed by atoms with E-state index in [0.29, 0.717) is 36.7 Å². The molecule has 0 radical (unpaired) electrons. The van der Waals surface area contributed by atoms with Crippen molar-refractivity contribution in [2.75, 3.05) is 21.3 Å². The minimum Gasteiger partial charge on any atom is -0.493 e. The van der Waals surface area contributed by atoms with Crippen LogP contribution < -0.4 is 24.4 Å². The smallest absolute Gasteiger partial charge is 0.343 e. The number of methoxy groups -OCH3 is 3. The molecule has 0 aliphatic rings. The van der Waals surface area contributed by atoms with E-state index in [1.165, 1.54) is 51.8 Å². The summed E-state index contributed by atoms with van der Waals surface area (Å²) in [7, 11) is 4.34. The van der Waals surface area contributed by atoms with E-state index in [9.17, 15) is 14.0 Å². The number of halogens is 3. The number of hydrazone groups is 1. The van der Waals surface area contributed by atoms with Gasteiger partial charge in [0.2, 0.25) is 5.75 Å². The Kier molecular flexibility index (Phi) is 9.31. The van der Waals surface area contributed by atoms with Crippen molar-refractivity contribution in [2.24, 2.45) is 5.10 Å². The largest absolute Gasteiger partial charge is 0.493 e. The molecule has 9 nitrogen and oxygen atoms in total. The Hall–Kier alpha value is -4.68. The average Bonchev–Trinajstić information content (AvgIpc) is 3.40. The lowest BCUT2D eigenvalue weighted by atomic mass is 10.0. The average molecular weight is 725 g/mol. The molecule has 1 amide bonds. The summed E-state index contributed by atoms with van der Waals surface area (Å²) in [6, 6.07) is 19.8. The molecular weight excluding hydrogens is 701 g/mol. The van der Waals surface area contributed by atoms with Gasteiger partial charge in [-0.2, -0.15) is 5.10 Å². The van der Waals surface area contributed by atoms with Gasteiger partial charge in [0.15, 0.2) is 17.2 Å². The summed E-state index contributed by atoms with van der Waals surface area (Å²) in [6.07, 6.45) is 1.34. The number of aromatic nitrogens is 1. The second kappa shape index (κ2) is 13.3. The number of fused-ring (bicyclic) bond motifs is 1. The number of amides is 1. The van der Waals surface area contributed by atoms with Crippen LogP contribution >= 0.6 is 31.9 Å². The van der Waals surface area contributed by atoms with Gasteiger partial charge in [0, 0.05) is 26.5 Å². The fraction of sp³-hybridized carbons (Fsp3) is 0.0938. The molecule has 224 valence electrons. The second-order valence-electron chi connectivity index (χ2n) is 9.24. The lowest BCUT2D eigenvalue weighted by Gasteiger charge is -2.15. The Balaban J connectivity index is 1.44. The lowest BCUT2D eigenvalue weighted by molar-refractivity contribution is 0.0732. The summed E-state index contributed by atoms with van der Waals surface area (Å²) in [6.45, 7) is 0. The first-order valence-corrected chi connectivity index (χ1v) is 14.5.